The zero-order chi connectivity index (χ0) is 15.3. The van der Waals surface area contributed by atoms with Crippen LogP contribution in [0.4, 0.5) is 0 Å². The van der Waals surface area contributed by atoms with Crippen molar-refractivity contribution in [2.45, 2.75) is 37.1 Å². The molecule has 0 unspecified atom stereocenters. The molecule has 120 valence electrons. The van der Waals surface area contributed by atoms with Crippen molar-refractivity contribution < 1.29 is 37.8 Å². The van der Waals surface area contributed by atoms with Gasteiger partial charge in [-0.2, -0.15) is 8.42 Å². The van der Waals surface area contributed by atoms with Crippen molar-refractivity contribution in [1.82, 2.24) is 5.32 Å². The Bertz CT molecular complexity index is 387. The Hall–Kier alpha value is -0.330. The van der Waals surface area contributed by atoms with E-state index in [1.54, 1.807) is 0 Å². The van der Waals surface area contributed by atoms with E-state index in [9.17, 15) is 23.7 Å². The summed E-state index contributed by atoms with van der Waals surface area (Å²) in [5, 5.41) is 31.7. The van der Waals surface area contributed by atoms with E-state index in [4.69, 9.17) is 14.0 Å². The molecule has 0 radical (unpaired) electrons. The van der Waals surface area contributed by atoms with Crippen LogP contribution in [0.3, 0.4) is 0 Å². The molecule has 0 spiro atoms. The fourth-order valence-corrected chi connectivity index (χ4v) is 2.41. The SMILES string of the molecule is CO[C@H]1O[C@H](CNCCCS(=O)(=O)O)[C@@H](O)[C@H](O)[C@H]1O. The van der Waals surface area contributed by atoms with Crippen LogP contribution in [0.2, 0.25) is 0 Å². The first-order valence-corrected chi connectivity index (χ1v) is 7.75. The third-order valence-corrected chi connectivity index (χ3v) is 3.81. The minimum atomic E-state index is -3.98. The van der Waals surface area contributed by atoms with Crippen LogP contribution in [-0.4, -0.2) is 84.9 Å². The van der Waals surface area contributed by atoms with Gasteiger partial charge in [0.15, 0.2) is 6.29 Å². The topological polar surface area (TPSA) is 146 Å². The highest BCUT2D eigenvalue weighted by molar-refractivity contribution is 7.85. The van der Waals surface area contributed by atoms with Crippen LogP contribution in [0.15, 0.2) is 0 Å². The highest BCUT2D eigenvalue weighted by Crippen LogP contribution is 2.21. The molecule has 5 N–H and O–H groups in total. The Morgan fingerprint density at radius 3 is 2.40 bits per heavy atom. The van der Waals surface area contributed by atoms with E-state index in [0.717, 1.165) is 0 Å². The first-order chi connectivity index (χ1) is 9.26. The maximum Gasteiger partial charge on any atom is 0.264 e. The van der Waals surface area contributed by atoms with Crippen molar-refractivity contribution in [1.29, 1.82) is 0 Å². The normalized spacial score (nSPS) is 35.1. The number of ether oxygens (including phenoxy) is 2. The summed E-state index contributed by atoms with van der Waals surface area (Å²) < 4.78 is 39.6. The van der Waals surface area contributed by atoms with Crippen molar-refractivity contribution in [2.75, 3.05) is 26.0 Å². The number of aliphatic hydroxyl groups excluding tert-OH is 3. The van der Waals surface area contributed by atoms with Gasteiger partial charge in [-0.25, -0.2) is 0 Å². The zero-order valence-corrected chi connectivity index (χ0v) is 11.9. The lowest BCUT2D eigenvalue weighted by molar-refractivity contribution is -0.288. The molecule has 0 aromatic heterocycles. The maximum absolute atomic E-state index is 10.5. The first kappa shape index (κ1) is 17.7. The Morgan fingerprint density at radius 2 is 1.85 bits per heavy atom. The number of rotatable bonds is 7. The lowest BCUT2D eigenvalue weighted by Gasteiger charge is -2.39. The standard InChI is InChI=1S/C10H21NO8S/c1-18-10-9(14)8(13)7(12)6(19-10)5-11-3-2-4-20(15,16)17/h6-14H,2-5H2,1H3,(H,15,16,17)/t6-,7-,8+,9-,10+/m1/s1. The second kappa shape index (κ2) is 7.61. The van der Waals surface area contributed by atoms with Crippen LogP contribution in [0.25, 0.3) is 0 Å². The molecular formula is C10H21NO8S. The summed E-state index contributed by atoms with van der Waals surface area (Å²) >= 11 is 0. The van der Waals surface area contributed by atoms with E-state index >= 15 is 0 Å². The van der Waals surface area contributed by atoms with E-state index in [1.807, 2.05) is 0 Å². The van der Waals surface area contributed by atoms with Crippen molar-refractivity contribution in [3.8, 4) is 0 Å². The van der Waals surface area contributed by atoms with Crippen molar-refractivity contribution >= 4 is 10.1 Å². The smallest absolute Gasteiger partial charge is 0.264 e. The molecule has 1 rings (SSSR count). The van der Waals surface area contributed by atoms with Gasteiger partial charge in [0.05, 0.1) is 5.75 Å². The summed E-state index contributed by atoms with van der Waals surface area (Å²) in [5.41, 5.74) is 0. The van der Waals surface area contributed by atoms with Gasteiger partial charge in [-0.1, -0.05) is 0 Å². The average molecular weight is 315 g/mol. The van der Waals surface area contributed by atoms with Crippen LogP contribution < -0.4 is 5.32 Å². The predicted molar refractivity (Wildman–Crippen MR) is 67.6 cm³/mol. The van der Waals surface area contributed by atoms with E-state index in [0.29, 0.717) is 0 Å². The molecule has 0 aromatic carbocycles. The van der Waals surface area contributed by atoms with Crippen LogP contribution in [0.5, 0.6) is 0 Å². The van der Waals surface area contributed by atoms with E-state index in [1.165, 1.54) is 7.11 Å². The Kier molecular flexibility index (Phi) is 6.75. The van der Waals surface area contributed by atoms with Crippen LogP contribution in [-0.2, 0) is 19.6 Å². The second-order valence-electron chi connectivity index (χ2n) is 4.59. The van der Waals surface area contributed by atoms with E-state index in [2.05, 4.69) is 5.32 Å². The Morgan fingerprint density at radius 1 is 1.20 bits per heavy atom. The second-order valence-corrected chi connectivity index (χ2v) is 6.17. The maximum atomic E-state index is 10.5. The minimum Gasteiger partial charge on any atom is -0.388 e. The van der Waals surface area contributed by atoms with Gasteiger partial charge in [-0.3, -0.25) is 4.55 Å². The molecular weight excluding hydrogens is 294 g/mol. The van der Waals surface area contributed by atoms with E-state index in [-0.39, 0.29) is 25.3 Å². The molecule has 0 bridgehead atoms. The summed E-state index contributed by atoms with van der Waals surface area (Å²) in [5.74, 6) is -0.365. The molecule has 1 fully saturated rings. The molecule has 20 heavy (non-hydrogen) atoms. The number of nitrogens with one attached hydrogen (secondary N) is 1. The van der Waals surface area contributed by atoms with Crippen LogP contribution in [0.1, 0.15) is 6.42 Å². The molecule has 0 saturated carbocycles. The lowest BCUT2D eigenvalue weighted by Crippen LogP contribution is -2.60. The number of methoxy groups -OCH3 is 1. The van der Waals surface area contributed by atoms with Gasteiger partial charge in [-0.05, 0) is 13.0 Å². The lowest BCUT2D eigenvalue weighted by atomic mass is 9.99. The van der Waals surface area contributed by atoms with Gasteiger partial charge in [0.2, 0.25) is 0 Å². The van der Waals surface area contributed by atoms with Crippen LogP contribution in [0, 0.1) is 0 Å². The fraction of sp³-hybridized carbons (Fsp3) is 1.00. The largest absolute Gasteiger partial charge is 0.388 e. The molecule has 0 amide bonds. The van der Waals surface area contributed by atoms with Gasteiger partial charge in [-0.15, -0.1) is 0 Å². The first-order valence-electron chi connectivity index (χ1n) is 6.14. The monoisotopic (exact) mass is 315 g/mol. The third-order valence-electron chi connectivity index (χ3n) is 3.00. The zero-order valence-electron chi connectivity index (χ0n) is 11.0. The van der Waals surface area contributed by atoms with Gasteiger partial charge < -0.3 is 30.1 Å². The molecule has 9 nitrogen and oxygen atoms in total. The van der Waals surface area contributed by atoms with Gasteiger partial charge in [0.1, 0.15) is 24.4 Å². The molecule has 0 aliphatic carbocycles. The molecule has 1 aliphatic heterocycles. The quantitative estimate of drug-likeness (QED) is 0.250. The molecule has 1 saturated heterocycles. The summed E-state index contributed by atoms with van der Waals surface area (Å²) in [6.45, 7) is 0.416. The van der Waals surface area contributed by atoms with E-state index < -0.39 is 40.8 Å². The van der Waals surface area contributed by atoms with Gasteiger partial charge in [0, 0.05) is 13.7 Å². The molecule has 1 aliphatic rings. The molecule has 1 heterocycles. The summed E-state index contributed by atoms with van der Waals surface area (Å²) in [6, 6.07) is 0. The Labute approximate surface area is 117 Å². The summed E-state index contributed by atoms with van der Waals surface area (Å²) in [4.78, 5) is 0. The van der Waals surface area contributed by atoms with Gasteiger partial charge in [0.25, 0.3) is 10.1 Å². The predicted octanol–water partition coefficient (Wildman–Crippen LogP) is -2.69. The Balaban J connectivity index is 2.35. The molecule has 0 aromatic rings. The number of hydrogen-bond donors (Lipinski definition) is 5. The van der Waals surface area contributed by atoms with Crippen molar-refractivity contribution in [3.05, 3.63) is 0 Å². The molecule has 10 heteroatoms. The summed E-state index contributed by atoms with van der Waals surface area (Å²) in [7, 11) is -2.68. The average Bonchev–Trinajstić information content (AvgIpc) is 2.37. The van der Waals surface area contributed by atoms with Crippen molar-refractivity contribution in [3.63, 3.8) is 0 Å². The van der Waals surface area contributed by atoms with Crippen molar-refractivity contribution in [2.24, 2.45) is 0 Å². The highest BCUT2D eigenvalue weighted by Gasteiger charge is 2.43. The van der Waals surface area contributed by atoms with Crippen LogP contribution >= 0.6 is 0 Å². The fourth-order valence-electron chi connectivity index (χ4n) is 1.90. The summed E-state index contributed by atoms with van der Waals surface area (Å²) in [6.07, 6.45) is -5.67. The number of hydrogen-bond acceptors (Lipinski definition) is 8. The third kappa shape index (κ3) is 5.22. The minimum absolute atomic E-state index is 0.135. The highest BCUT2D eigenvalue weighted by atomic mass is 32.2. The number of aliphatic hydroxyl groups is 3. The van der Waals surface area contributed by atoms with Gasteiger partial charge >= 0.3 is 0 Å². The molecule has 5 atom stereocenters.